The molecule has 1 fully saturated rings. The highest BCUT2D eigenvalue weighted by Gasteiger charge is 2.39. The van der Waals surface area contributed by atoms with E-state index in [4.69, 9.17) is 0 Å². The van der Waals surface area contributed by atoms with Crippen LogP contribution in [-0.2, 0) is 0 Å². The quantitative estimate of drug-likeness (QED) is 0.572. The lowest BCUT2D eigenvalue weighted by Crippen LogP contribution is -2.62. The molecule has 9 heteroatoms. The van der Waals surface area contributed by atoms with Crippen molar-refractivity contribution in [1.82, 2.24) is 25.7 Å². The number of hydrogen-bond acceptors (Lipinski definition) is 5. The number of halogens is 3. The Kier molecular flexibility index (Phi) is 6.58. The number of H-pyrrole nitrogens is 1. The average molecular weight is 463 g/mol. The van der Waals surface area contributed by atoms with Crippen molar-refractivity contribution in [1.29, 1.82) is 0 Å². The normalized spacial score (nSPS) is 17.6. The molecule has 6 nitrogen and oxygen atoms in total. The molecule has 0 atom stereocenters. The van der Waals surface area contributed by atoms with E-state index >= 15 is 0 Å². The zero-order chi connectivity index (χ0) is 22.4. The lowest BCUT2D eigenvalue weighted by Gasteiger charge is -2.49. The molecule has 0 unspecified atom stereocenters. The lowest BCUT2D eigenvalue weighted by atomic mass is 9.79. The Labute approximate surface area is 193 Å². The second kappa shape index (κ2) is 8.75. The van der Waals surface area contributed by atoms with E-state index in [9.17, 15) is 8.78 Å². The van der Waals surface area contributed by atoms with Gasteiger partial charge in [0, 0.05) is 47.1 Å². The number of hydrogen-bond donors (Lipinski definition) is 2. The maximum absolute atomic E-state index is 14.8. The number of nitrogens with zero attached hydrogens (tertiary/aromatic N) is 4. The molecule has 4 rings (SSSR count). The minimum atomic E-state index is -0.948. The standard InChI is InChI=1S/C23H28F2N6.ClH/c1-22(2)10-15(11-23(3,4)30-22)31(5)19-9-8-18(28-29-19)17-7-6-16(20(24)21(17)25)14-12-26-27-13-14;/h6-9,12-13,15,30H,10-11H2,1-5H3,(H,26,27);1H. The summed E-state index contributed by atoms with van der Waals surface area (Å²) in [5, 5.41) is 18.6. The first-order valence-corrected chi connectivity index (χ1v) is 10.4. The number of piperidine rings is 1. The number of benzene rings is 1. The van der Waals surface area contributed by atoms with Gasteiger partial charge in [-0.2, -0.15) is 5.10 Å². The van der Waals surface area contributed by atoms with Crippen molar-refractivity contribution in [3.05, 3.63) is 48.3 Å². The van der Waals surface area contributed by atoms with Gasteiger partial charge in [0.1, 0.15) is 0 Å². The topological polar surface area (TPSA) is 69.7 Å². The van der Waals surface area contributed by atoms with E-state index in [2.05, 4.69) is 58.3 Å². The molecule has 3 aromatic rings. The zero-order valence-corrected chi connectivity index (χ0v) is 19.7. The van der Waals surface area contributed by atoms with Crippen LogP contribution in [0.4, 0.5) is 14.6 Å². The van der Waals surface area contributed by atoms with Gasteiger partial charge in [-0.3, -0.25) is 5.10 Å². The Hall–Kier alpha value is -2.58. The number of aromatic amines is 1. The summed E-state index contributed by atoms with van der Waals surface area (Å²) in [4.78, 5) is 2.13. The minimum absolute atomic E-state index is 0. The molecule has 1 saturated heterocycles. The fourth-order valence-electron chi connectivity index (χ4n) is 4.75. The SMILES string of the molecule is CN(c1ccc(-c2ccc(-c3cn[nH]c3)c(F)c2F)nn1)C1CC(C)(C)NC(C)(C)C1.Cl. The van der Waals surface area contributed by atoms with Crippen molar-refractivity contribution in [2.45, 2.75) is 57.7 Å². The van der Waals surface area contributed by atoms with Crippen molar-refractivity contribution in [2.24, 2.45) is 0 Å². The molecular weight excluding hydrogens is 434 g/mol. The third-order valence-electron chi connectivity index (χ3n) is 5.90. The highest BCUT2D eigenvalue weighted by atomic mass is 35.5. The van der Waals surface area contributed by atoms with Crippen LogP contribution in [0.15, 0.2) is 36.7 Å². The second-order valence-corrected chi connectivity index (χ2v) is 9.62. The van der Waals surface area contributed by atoms with Crippen LogP contribution in [0, 0.1) is 11.6 Å². The molecule has 2 aromatic heterocycles. The predicted molar refractivity (Wildman–Crippen MR) is 125 cm³/mol. The second-order valence-electron chi connectivity index (χ2n) is 9.62. The Balaban J connectivity index is 0.00000289. The number of rotatable bonds is 4. The van der Waals surface area contributed by atoms with Gasteiger partial charge in [-0.1, -0.05) is 6.07 Å². The van der Waals surface area contributed by atoms with Gasteiger partial charge >= 0.3 is 0 Å². The molecule has 2 N–H and O–H groups in total. The number of anilines is 1. The molecule has 1 aliphatic rings. The maximum atomic E-state index is 14.8. The van der Waals surface area contributed by atoms with Crippen molar-refractivity contribution < 1.29 is 8.78 Å². The predicted octanol–water partition coefficient (Wildman–Crippen LogP) is 4.98. The zero-order valence-electron chi connectivity index (χ0n) is 18.9. The van der Waals surface area contributed by atoms with E-state index < -0.39 is 11.6 Å². The highest BCUT2D eigenvalue weighted by Crippen LogP contribution is 2.34. The van der Waals surface area contributed by atoms with Crippen LogP contribution < -0.4 is 10.2 Å². The van der Waals surface area contributed by atoms with Crippen LogP contribution in [-0.4, -0.2) is 44.6 Å². The summed E-state index contributed by atoms with van der Waals surface area (Å²) in [5.74, 6) is -1.17. The van der Waals surface area contributed by atoms with Gasteiger partial charge in [-0.05, 0) is 58.7 Å². The average Bonchev–Trinajstić information content (AvgIpc) is 3.22. The van der Waals surface area contributed by atoms with Crippen LogP contribution in [0.5, 0.6) is 0 Å². The van der Waals surface area contributed by atoms with Crippen LogP contribution in [0.2, 0.25) is 0 Å². The maximum Gasteiger partial charge on any atom is 0.168 e. The molecular formula is C23H29ClF2N6. The first-order chi connectivity index (χ1) is 14.6. The van der Waals surface area contributed by atoms with E-state index in [-0.39, 0.29) is 40.7 Å². The summed E-state index contributed by atoms with van der Waals surface area (Å²) in [6.45, 7) is 8.81. The first-order valence-electron chi connectivity index (χ1n) is 10.4. The molecule has 0 amide bonds. The van der Waals surface area contributed by atoms with Gasteiger partial charge in [0.15, 0.2) is 17.5 Å². The van der Waals surface area contributed by atoms with Gasteiger partial charge < -0.3 is 10.2 Å². The van der Waals surface area contributed by atoms with Gasteiger partial charge in [0.05, 0.1) is 11.9 Å². The molecule has 0 spiro atoms. The summed E-state index contributed by atoms with van der Waals surface area (Å²) in [5.41, 5.74) is 1.01. The van der Waals surface area contributed by atoms with Gasteiger partial charge in [-0.25, -0.2) is 8.78 Å². The lowest BCUT2D eigenvalue weighted by molar-refractivity contribution is 0.160. The van der Waals surface area contributed by atoms with Crippen LogP contribution in [0.1, 0.15) is 40.5 Å². The van der Waals surface area contributed by atoms with E-state index in [1.807, 2.05) is 13.1 Å². The van der Waals surface area contributed by atoms with E-state index in [0.29, 0.717) is 17.1 Å². The summed E-state index contributed by atoms with van der Waals surface area (Å²) in [6.07, 6.45) is 4.90. The molecule has 0 aliphatic carbocycles. The smallest absolute Gasteiger partial charge is 0.168 e. The minimum Gasteiger partial charge on any atom is -0.355 e. The molecule has 0 bridgehead atoms. The molecule has 1 aliphatic heterocycles. The van der Waals surface area contributed by atoms with Crippen molar-refractivity contribution in [3.8, 4) is 22.4 Å². The Morgan fingerprint density at radius 3 is 2.12 bits per heavy atom. The highest BCUT2D eigenvalue weighted by molar-refractivity contribution is 5.85. The summed E-state index contributed by atoms with van der Waals surface area (Å²) < 4.78 is 29.4. The van der Waals surface area contributed by atoms with Crippen LogP contribution in [0.25, 0.3) is 22.4 Å². The van der Waals surface area contributed by atoms with Crippen molar-refractivity contribution in [3.63, 3.8) is 0 Å². The van der Waals surface area contributed by atoms with Gasteiger partial charge in [0.25, 0.3) is 0 Å². The number of aromatic nitrogens is 4. The molecule has 0 saturated carbocycles. The molecule has 172 valence electrons. The molecule has 1 aromatic carbocycles. The molecule has 32 heavy (non-hydrogen) atoms. The third kappa shape index (κ3) is 4.76. The fraction of sp³-hybridized carbons (Fsp3) is 0.435. The fourth-order valence-corrected chi connectivity index (χ4v) is 4.75. The van der Waals surface area contributed by atoms with Crippen LogP contribution >= 0.6 is 12.4 Å². The molecule has 3 heterocycles. The van der Waals surface area contributed by atoms with E-state index in [1.54, 1.807) is 6.07 Å². The monoisotopic (exact) mass is 462 g/mol. The Bertz CT molecular complexity index is 1050. The Morgan fingerprint density at radius 1 is 0.938 bits per heavy atom. The first kappa shape index (κ1) is 24.1. The van der Waals surface area contributed by atoms with Crippen LogP contribution in [0.3, 0.4) is 0 Å². The van der Waals surface area contributed by atoms with E-state index in [0.717, 1.165) is 12.8 Å². The summed E-state index contributed by atoms with van der Waals surface area (Å²) >= 11 is 0. The Morgan fingerprint density at radius 2 is 1.56 bits per heavy atom. The third-order valence-corrected chi connectivity index (χ3v) is 5.90. The molecule has 0 radical (unpaired) electrons. The van der Waals surface area contributed by atoms with Gasteiger partial charge in [0.2, 0.25) is 0 Å². The number of nitrogens with one attached hydrogen (secondary N) is 2. The van der Waals surface area contributed by atoms with Crippen molar-refractivity contribution >= 4 is 18.2 Å². The van der Waals surface area contributed by atoms with E-state index in [1.165, 1.54) is 24.5 Å². The van der Waals surface area contributed by atoms with Crippen molar-refractivity contribution in [2.75, 3.05) is 11.9 Å². The summed E-state index contributed by atoms with van der Waals surface area (Å²) in [6, 6.07) is 6.83. The van der Waals surface area contributed by atoms with Gasteiger partial charge in [-0.15, -0.1) is 22.6 Å². The largest absolute Gasteiger partial charge is 0.355 e. The summed E-state index contributed by atoms with van der Waals surface area (Å²) in [7, 11) is 2.01.